The van der Waals surface area contributed by atoms with Gasteiger partial charge in [0, 0.05) is 5.70 Å². The van der Waals surface area contributed by atoms with Crippen LogP contribution in [-0.2, 0) is 4.79 Å². The molecule has 0 aromatic heterocycles. The van der Waals surface area contributed by atoms with E-state index in [2.05, 4.69) is 31.6 Å². The molecule has 4 heteroatoms. The Morgan fingerprint density at radius 2 is 2.12 bits per heavy atom. The Morgan fingerprint density at radius 1 is 1.44 bits per heavy atom. The maximum Gasteiger partial charge on any atom is 0.240 e. The molecule has 0 radical (unpaired) electrons. The second kappa shape index (κ2) is 3.77. The van der Waals surface area contributed by atoms with E-state index in [4.69, 9.17) is 5.73 Å². The van der Waals surface area contributed by atoms with Gasteiger partial charge in [0.05, 0.1) is 0 Å². The van der Waals surface area contributed by atoms with Crippen molar-refractivity contribution in [2.75, 3.05) is 0 Å². The highest BCUT2D eigenvalue weighted by Gasteiger charge is 2.37. The summed E-state index contributed by atoms with van der Waals surface area (Å²) in [6.45, 7) is 6.79. The molecule has 1 heterocycles. The van der Waals surface area contributed by atoms with Gasteiger partial charge in [0.2, 0.25) is 5.91 Å². The van der Waals surface area contributed by atoms with Gasteiger partial charge in [0.1, 0.15) is 6.04 Å². The zero-order valence-corrected chi connectivity index (χ0v) is 10.3. The molecule has 2 atom stereocenters. The number of hydrogen-bond donors (Lipinski definition) is 3. The maximum absolute atomic E-state index is 11.3. The normalized spacial score (nSPS) is 29.9. The molecule has 0 fully saturated rings. The van der Waals surface area contributed by atoms with Crippen LogP contribution in [0.1, 0.15) is 40.0 Å². The summed E-state index contributed by atoms with van der Waals surface area (Å²) in [5.41, 5.74) is 14.1. The first-order chi connectivity index (χ1) is 7.39. The first kappa shape index (κ1) is 11.5. The van der Waals surface area contributed by atoms with Gasteiger partial charge < -0.3 is 11.2 Å². The topological polar surface area (TPSA) is 67.2 Å². The number of nitrogens with two attached hydrogens (primary N) is 1. The van der Waals surface area contributed by atoms with Crippen LogP contribution in [0.4, 0.5) is 0 Å². The maximum atomic E-state index is 11.3. The van der Waals surface area contributed by atoms with Gasteiger partial charge in [-0.25, -0.2) is 5.43 Å². The van der Waals surface area contributed by atoms with E-state index < -0.39 is 0 Å². The van der Waals surface area contributed by atoms with Gasteiger partial charge in [0.25, 0.3) is 0 Å². The average molecular weight is 223 g/mol. The van der Waals surface area contributed by atoms with Gasteiger partial charge >= 0.3 is 0 Å². The highest BCUT2D eigenvalue weighted by Crippen LogP contribution is 2.41. The standard InChI is InChI=1S/C12H21N3O/c1-12(2,3)7-4-5-9-8(6-7)10(11(13)16)15-14-9/h7,10,14-15H,4-6H2,1-3H3,(H2,13,16). The lowest BCUT2D eigenvalue weighted by Crippen LogP contribution is -2.42. The molecule has 1 aliphatic carbocycles. The molecule has 1 aliphatic heterocycles. The van der Waals surface area contributed by atoms with E-state index in [1.165, 1.54) is 17.7 Å². The first-order valence-electron chi connectivity index (χ1n) is 5.92. The fraction of sp³-hybridized carbons (Fsp3) is 0.750. The monoisotopic (exact) mass is 223 g/mol. The number of hydrogen-bond acceptors (Lipinski definition) is 3. The number of carbonyl (C=O) groups is 1. The fourth-order valence-electron chi connectivity index (χ4n) is 2.63. The zero-order chi connectivity index (χ0) is 11.9. The molecule has 0 bridgehead atoms. The van der Waals surface area contributed by atoms with Crippen LogP contribution in [0.15, 0.2) is 11.3 Å². The Balaban J connectivity index is 2.17. The van der Waals surface area contributed by atoms with Crippen LogP contribution < -0.4 is 16.6 Å². The summed E-state index contributed by atoms with van der Waals surface area (Å²) < 4.78 is 0. The van der Waals surface area contributed by atoms with Crippen LogP contribution in [0, 0.1) is 11.3 Å². The lowest BCUT2D eigenvalue weighted by Gasteiger charge is -2.34. The number of carbonyl (C=O) groups excluding carboxylic acids is 1. The van der Waals surface area contributed by atoms with Crippen LogP contribution in [-0.4, -0.2) is 11.9 Å². The summed E-state index contributed by atoms with van der Waals surface area (Å²) in [7, 11) is 0. The van der Waals surface area contributed by atoms with Crippen molar-refractivity contribution in [3.05, 3.63) is 11.3 Å². The Kier molecular flexibility index (Phi) is 2.70. The molecule has 90 valence electrons. The number of rotatable bonds is 1. The van der Waals surface area contributed by atoms with Crippen LogP contribution in [0.3, 0.4) is 0 Å². The van der Waals surface area contributed by atoms with Gasteiger partial charge in [-0.05, 0) is 36.2 Å². The van der Waals surface area contributed by atoms with Crippen molar-refractivity contribution in [2.24, 2.45) is 17.1 Å². The molecule has 0 aromatic carbocycles. The van der Waals surface area contributed by atoms with E-state index in [0.717, 1.165) is 12.8 Å². The summed E-state index contributed by atoms with van der Waals surface area (Å²) >= 11 is 0. The third-order valence-corrected chi connectivity index (χ3v) is 3.82. The van der Waals surface area contributed by atoms with Crippen molar-refractivity contribution in [1.29, 1.82) is 0 Å². The van der Waals surface area contributed by atoms with E-state index in [9.17, 15) is 4.79 Å². The Hall–Kier alpha value is -1.03. The van der Waals surface area contributed by atoms with Crippen LogP contribution in [0.2, 0.25) is 0 Å². The highest BCUT2D eigenvalue weighted by atomic mass is 16.1. The molecule has 0 saturated carbocycles. The highest BCUT2D eigenvalue weighted by molar-refractivity contribution is 5.84. The molecule has 1 amide bonds. The van der Waals surface area contributed by atoms with Gasteiger partial charge in [-0.2, -0.15) is 0 Å². The zero-order valence-electron chi connectivity index (χ0n) is 10.3. The molecule has 2 rings (SSSR count). The number of nitrogens with one attached hydrogen (secondary N) is 2. The Morgan fingerprint density at radius 3 is 2.69 bits per heavy atom. The molecule has 2 unspecified atom stereocenters. The molecule has 0 saturated heterocycles. The number of hydrazine groups is 1. The minimum absolute atomic E-state index is 0.285. The molecule has 2 aliphatic rings. The minimum atomic E-state index is -0.305. The SMILES string of the molecule is CC(C)(C)C1CCC2=C(C1)C(C(N)=O)NN2. The third kappa shape index (κ3) is 1.94. The number of allylic oxidation sites excluding steroid dienone is 1. The van der Waals surface area contributed by atoms with Crippen molar-refractivity contribution in [3.63, 3.8) is 0 Å². The van der Waals surface area contributed by atoms with Crippen molar-refractivity contribution >= 4 is 5.91 Å². The fourth-order valence-corrected chi connectivity index (χ4v) is 2.63. The Labute approximate surface area is 96.6 Å². The van der Waals surface area contributed by atoms with Gasteiger partial charge in [-0.1, -0.05) is 20.8 Å². The molecule has 4 nitrogen and oxygen atoms in total. The predicted molar refractivity (Wildman–Crippen MR) is 63.1 cm³/mol. The van der Waals surface area contributed by atoms with Crippen LogP contribution in [0.5, 0.6) is 0 Å². The molecule has 0 spiro atoms. The second-order valence-corrected chi connectivity index (χ2v) is 5.91. The van der Waals surface area contributed by atoms with Gasteiger partial charge in [0.15, 0.2) is 0 Å². The van der Waals surface area contributed by atoms with E-state index >= 15 is 0 Å². The third-order valence-electron chi connectivity index (χ3n) is 3.82. The quantitative estimate of drug-likeness (QED) is 0.622. The first-order valence-corrected chi connectivity index (χ1v) is 5.92. The average Bonchev–Trinajstić information content (AvgIpc) is 2.58. The van der Waals surface area contributed by atoms with E-state index in [-0.39, 0.29) is 11.9 Å². The molecular formula is C12H21N3O. The second-order valence-electron chi connectivity index (χ2n) is 5.91. The lowest BCUT2D eigenvalue weighted by atomic mass is 9.71. The number of amides is 1. The van der Waals surface area contributed by atoms with Crippen molar-refractivity contribution in [2.45, 2.75) is 46.1 Å². The van der Waals surface area contributed by atoms with Crippen molar-refractivity contribution in [1.82, 2.24) is 10.9 Å². The molecule has 0 aromatic rings. The minimum Gasteiger partial charge on any atom is -0.368 e. The number of primary amides is 1. The van der Waals surface area contributed by atoms with Crippen LogP contribution in [0.25, 0.3) is 0 Å². The molecular weight excluding hydrogens is 202 g/mol. The summed E-state index contributed by atoms with van der Waals surface area (Å²) in [4.78, 5) is 11.3. The van der Waals surface area contributed by atoms with Gasteiger partial charge in [-0.15, -0.1) is 0 Å². The van der Waals surface area contributed by atoms with Crippen molar-refractivity contribution in [3.8, 4) is 0 Å². The summed E-state index contributed by atoms with van der Waals surface area (Å²) in [6, 6.07) is -0.305. The van der Waals surface area contributed by atoms with Crippen LogP contribution >= 0.6 is 0 Å². The predicted octanol–water partition coefficient (Wildman–Crippen LogP) is 1.05. The van der Waals surface area contributed by atoms with Gasteiger partial charge in [-0.3, -0.25) is 4.79 Å². The Bertz CT molecular complexity index is 341. The smallest absolute Gasteiger partial charge is 0.240 e. The summed E-state index contributed by atoms with van der Waals surface area (Å²) in [6.07, 6.45) is 3.18. The largest absolute Gasteiger partial charge is 0.368 e. The summed E-state index contributed by atoms with van der Waals surface area (Å²) in [5, 5.41) is 0. The van der Waals surface area contributed by atoms with E-state index in [1.54, 1.807) is 0 Å². The van der Waals surface area contributed by atoms with Crippen molar-refractivity contribution < 1.29 is 4.79 Å². The van der Waals surface area contributed by atoms with E-state index in [0.29, 0.717) is 11.3 Å². The molecule has 16 heavy (non-hydrogen) atoms. The van der Waals surface area contributed by atoms with E-state index in [1.807, 2.05) is 0 Å². The molecule has 4 N–H and O–H groups in total. The lowest BCUT2D eigenvalue weighted by molar-refractivity contribution is -0.119. The summed E-state index contributed by atoms with van der Waals surface area (Å²) in [5.74, 6) is 0.349.